The zero-order chi connectivity index (χ0) is 12.6. The number of rotatable bonds is 2. The maximum Gasteiger partial charge on any atom is 0.257 e. The van der Waals surface area contributed by atoms with Gasteiger partial charge in [0.1, 0.15) is 5.82 Å². The molecule has 1 saturated heterocycles. The van der Waals surface area contributed by atoms with Gasteiger partial charge in [0, 0.05) is 5.69 Å². The van der Waals surface area contributed by atoms with Crippen LogP contribution in [-0.2, 0) is 0 Å². The standard InChI is InChI=1S/C12H15FN2O2/c1-2-12(17)6-15(7-12)11(16)9-4-3-8(14)5-10(9)13/h3-5,17H,2,6-7,14H2,1H3. The topological polar surface area (TPSA) is 66.6 Å². The molecule has 0 aliphatic carbocycles. The van der Waals surface area contributed by atoms with E-state index in [4.69, 9.17) is 5.73 Å². The van der Waals surface area contributed by atoms with Gasteiger partial charge in [-0.15, -0.1) is 0 Å². The Morgan fingerprint density at radius 1 is 1.59 bits per heavy atom. The van der Waals surface area contributed by atoms with Crippen molar-refractivity contribution in [1.82, 2.24) is 4.90 Å². The number of benzene rings is 1. The quantitative estimate of drug-likeness (QED) is 0.755. The zero-order valence-electron chi connectivity index (χ0n) is 9.61. The lowest BCUT2D eigenvalue weighted by molar-refractivity contribution is -0.0827. The van der Waals surface area contributed by atoms with Crippen LogP contribution in [0.5, 0.6) is 0 Å². The van der Waals surface area contributed by atoms with E-state index < -0.39 is 17.3 Å². The number of hydrogen-bond donors (Lipinski definition) is 2. The van der Waals surface area contributed by atoms with E-state index in [1.165, 1.54) is 17.0 Å². The minimum atomic E-state index is -0.806. The van der Waals surface area contributed by atoms with Gasteiger partial charge in [-0.1, -0.05) is 6.92 Å². The third-order valence-corrected chi connectivity index (χ3v) is 3.14. The fourth-order valence-electron chi connectivity index (χ4n) is 1.91. The highest BCUT2D eigenvalue weighted by Gasteiger charge is 2.42. The third-order valence-electron chi connectivity index (χ3n) is 3.14. The molecule has 0 saturated carbocycles. The molecule has 0 bridgehead atoms. The first kappa shape index (κ1) is 11.9. The van der Waals surface area contributed by atoms with Crippen LogP contribution in [0.25, 0.3) is 0 Å². The summed E-state index contributed by atoms with van der Waals surface area (Å²) in [5.41, 5.74) is 4.89. The van der Waals surface area contributed by atoms with Crippen molar-refractivity contribution in [3.8, 4) is 0 Å². The lowest BCUT2D eigenvalue weighted by atomic mass is 9.90. The molecule has 17 heavy (non-hydrogen) atoms. The van der Waals surface area contributed by atoms with E-state index in [1.807, 2.05) is 6.92 Å². The fraction of sp³-hybridized carbons (Fsp3) is 0.417. The Hall–Kier alpha value is -1.62. The molecule has 2 rings (SSSR count). The Bertz CT molecular complexity index is 456. The smallest absolute Gasteiger partial charge is 0.257 e. The number of carbonyl (C=O) groups is 1. The van der Waals surface area contributed by atoms with Crippen molar-refractivity contribution in [2.24, 2.45) is 0 Å². The number of carbonyl (C=O) groups excluding carboxylic acids is 1. The number of halogens is 1. The molecule has 1 aromatic rings. The molecule has 1 fully saturated rings. The number of nitrogen functional groups attached to an aromatic ring is 1. The minimum absolute atomic E-state index is 0.00245. The fourth-order valence-corrected chi connectivity index (χ4v) is 1.91. The molecule has 1 amide bonds. The normalized spacial score (nSPS) is 17.7. The molecular weight excluding hydrogens is 223 g/mol. The molecule has 1 aliphatic rings. The molecule has 4 nitrogen and oxygen atoms in total. The Morgan fingerprint density at radius 3 is 2.76 bits per heavy atom. The van der Waals surface area contributed by atoms with Crippen molar-refractivity contribution in [2.45, 2.75) is 18.9 Å². The average Bonchev–Trinajstić information content (AvgIpc) is 2.24. The van der Waals surface area contributed by atoms with Crippen LogP contribution in [0.3, 0.4) is 0 Å². The van der Waals surface area contributed by atoms with E-state index in [9.17, 15) is 14.3 Å². The highest BCUT2D eigenvalue weighted by atomic mass is 19.1. The maximum absolute atomic E-state index is 13.5. The van der Waals surface area contributed by atoms with Crippen molar-refractivity contribution in [1.29, 1.82) is 0 Å². The molecule has 0 aromatic heterocycles. The van der Waals surface area contributed by atoms with Crippen LogP contribution in [0.4, 0.5) is 10.1 Å². The Morgan fingerprint density at radius 2 is 2.24 bits per heavy atom. The zero-order valence-corrected chi connectivity index (χ0v) is 9.61. The lowest BCUT2D eigenvalue weighted by Gasteiger charge is -2.46. The van der Waals surface area contributed by atoms with Crippen molar-refractivity contribution >= 4 is 11.6 Å². The number of aliphatic hydroxyl groups is 1. The summed E-state index contributed by atoms with van der Waals surface area (Å²) in [6, 6.07) is 3.98. The van der Waals surface area contributed by atoms with Crippen LogP contribution in [0, 0.1) is 5.82 Å². The molecule has 1 aliphatic heterocycles. The van der Waals surface area contributed by atoms with Gasteiger partial charge in [0.25, 0.3) is 5.91 Å². The van der Waals surface area contributed by atoms with Crippen LogP contribution in [0.15, 0.2) is 18.2 Å². The molecule has 0 atom stereocenters. The first-order valence-corrected chi connectivity index (χ1v) is 5.52. The van der Waals surface area contributed by atoms with Crippen LogP contribution in [-0.4, -0.2) is 34.6 Å². The molecular formula is C12H15FN2O2. The summed E-state index contributed by atoms with van der Waals surface area (Å²) in [6.07, 6.45) is 0.584. The predicted octanol–water partition coefficient (Wildman–Crippen LogP) is 1.00. The second kappa shape index (κ2) is 4.00. The highest BCUT2D eigenvalue weighted by Crippen LogP contribution is 2.26. The van der Waals surface area contributed by atoms with E-state index in [0.717, 1.165) is 6.07 Å². The number of amides is 1. The van der Waals surface area contributed by atoms with Gasteiger partial charge in [-0.3, -0.25) is 4.79 Å². The Balaban J connectivity index is 2.12. The molecule has 1 heterocycles. The van der Waals surface area contributed by atoms with Crippen LogP contribution in [0.1, 0.15) is 23.7 Å². The van der Waals surface area contributed by atoms with Crippen molar-refractivity contribution in [2.75, 3.05) is 18.8 Å². The second-order valence-corrected chi connectivity index (χ2v) is 4.48. The van der Waals surface area contributed by atoms with Gasteiger partial charge < -0.3 is 15.7 Å². The highest BCUT2D eigenvalue weighted by molar-refractivity contribution is 5.95. The molecule has 0 unspecified atom stereocenters. The Kier molecular flexibility index (Phi) is 2.79. The second-order valence-electron chi connectivity index (χ2n) is 4.48. The van der Waals surface area contributed by atoms with E-state index in [0.29, 0.717) is 6.42 Å². The predicted molar refractivity (Wildman–Crippen MR) is 62.0 cm³/mol. The van der Waals surface area contributed by atoms with Crippen molar-refractivity contribution < 1.29 is 14.3 Å². The summed E-state index contributed by atoms with van der Waals surface area (Å²) in [5, 5.41) is 9.79. The summed E-state index contributed by atoms with van der Waals surface area (Å²) < 4.78 is 13.5. The molecule has 0 spiro atoms. The summed E-state index contributed by atoms with van der Waals surface area (Å²) in [5.74, 6) is -1.03. The van der Waals surface area contributed by atoms with Crippen molar-refractivity contribution in [3.05, 3.63) is 29.6 Å². The number of nitrogens with two attached hydrogens (primary N) is 1. The minimum Gasteiger partial charge on any atom is -0.399 e. The van der Waals surface area contributed by atoms with E-state index in [1.54, 1.807) is 0 Å². The van der Waals surface area contributed by atoms with Crippen LogP contribution >= 0.6 is 0 Å². The number of nitrogens with zero attached hydrogens (tertiary/aromatic N) is 1. The summed E-state index contributed by atoms with van der Waals surface area (Å²) in [7, 11) is 0. The first-order chi connectivity index (χ1) is 7.95. The number of likely N-dealkylation sites (tertiary alicyclic amines) is 1. The summed E-state index contributed by atoms with van der Waals surface area (Å²) in [6.45, 7) is 2.36. The molecule has 1 aromatic carbocycles. The van der Waals surface area contributed by atoms with Gasteiger partial charge >= 0.3 is 0 Å². The third kappa shape index (κ3) is 2.10. The van der Waals surface area contributed by atoms with Crippen LogP contribution < -0.4 is 5.73 Å². The molecule has 0 radical (unpaired) electrons. The van der Waals surface area contributed by atoms with Gasteiger partial charge in [-0.25, -0.2) is 4.39 Å². The van der Waals surface area contributed by atoms with Gasteiger partial charge in [0.15, 0.2) is 0 Å². The number of anilines is 1. The van der Waals surface area contributed by atoms with Gasteiger partial charge in [-0.05, 0) is 24.6 Å². The van der Waals surface area contributed by atoms with E-state index in [2.05, 4.69) is 0 Å². The van der Waals surface area contributed by atoms with Gasteiger partial charge in [0.05, 0.1) is 24.3 Å². The monoisotopic (exact) mass is 238 g/mol. The van der Waals surface area contributed by atoms with Crippen molar-refractivity contribution in [3.63, 3.8) is 0 Å². The number of β-amino-alcohol motifs (C(OH)–C–C–N with tert-alkyl or cyclic N) is 1. The average molecular weight is 238 g/mol. The largest absolute Gasteiger partial charge is 0.399 e. The van der Waals surface area contributed by atoms with E-state index in [-0.39, 0.29) is 24.3 Å². The number of hydrogen-bond acceptors (Lipinski definition) is 3. The van der Waals surface area contributed by atoms with Crippen LogP contribution in [0.2, 0.25) is 0 Å². The maximum atomic E-state index is 13.5. The lowest BCUT2D eigenvalue weighted by Crippen LogP contribution is -2.63. The van der Waals surface area contributed by atoms with Gasteiger partial charge in [-0.2, -0.15) is 0 Å². The molecule has 3 N–H and O–H groups in total. The summed E-state index contributed by atoms with van der Waals surface area (Å²) >= 11 is 0. The van der Waals surface area contributed by atoms with Gasteiger partial charge in [0.2, 0.25) is 0 Å². The Labute approximate surface area is 98.8 Å². The SMILES string of the molecule is CCC1(O)CN(C(=O)c2ccc(N)cc2F)C1. The van der Waals surface area contributed by atoms with E-state index >= 15 is 0 Å². The first-order valence-electron chi connectivity index (χ1n) is 5.52. The molecule has 92 valence electrons. The molecule has 5 heteroatoms. The summed E-state index contributed by atoms with van der Waals surface area (Å²) in [4.78, 5) is 13.3.